The standard InChI is InChI=1S/C26H26ClF4N3O2/c1-32-25(35)24(16-5-3-2-4-6-16)34-21(11-10-20-9-8-19(27)15-33-20)17-7-12-22(36-26(30)31)18(13-17)14-23(28)29/h2-9,12-13,15,21,23-24,26,34H,10-11,14H2,1H3,(H,32,35)/t21-,24+/m0/s1. The van der Waals surface area contributed by atoms with E-state index in [1.165, 1.54) is 31.4 Å². The molecule has 0 spiro atoms. The van der Waals surface area contributed by atoms with Crippen molar-refractivity contribution < 1.29 is 27.1 Å². The Balaban J connectivity index is 1.97. The van der Waals surface area contributed by atoms with Gasteiger partial charge in [0.1, 0.15) is 11.8 Å². The van der Waals surface area contributed by atoms with Crippen molar-refractivity contribution in [3.05, 3.63) is 94.3 Å². The topological polar surface area (TPSA) is 63.2 Å². The molecule has 2 atom stereocenters. The van der Waals surface area contributed by atoms with Crippen molar-refractivity contribution in [2.45, 2.75) is 44.4 Å². The Morgan fingerprint density at radius 3 is 2.39 bits per heavy atom. The van der Waals surface area contributed by atoms with E-state index in [0.717, 1.165) is 5.69 Å². The van der Waals surface area contributed by atoms with E-state index in [1.54, 1.807) is 36.4 Å². The molecule has 0 bridgehead atoms. The predicted octanol–water partition coefficient (Wildman–Crippen LogP) is 5.89. The van der Waals surface area contributed by atoms with Gasteiger partial charge in [-0.3, -0.25) is 15.1 Å². The van der Waals surface area contributed by atoms with Crippen LogP contribution < -0.4 is 15.4 Å². The van der Waals surface area contributed by atoms with E-state index in [1.807, 2.05) is 6.07 Å². The average Bonchev–Trinajstić information content (AvgIpc) is 2.86. The van der Waals surface area contributed by atoms with E-state index in [0.29, 0.717) is 29.0 Å². The van der Waals surface area contributed by atoms with Gasteiger partial charge in [-0.15, -0.1) is 0 Å². The molecule has 0 radical (unpaired) electrons. The number of alkyl halides is 4. The number of benzene rings is 2. The highest BCUT2D eigenvalue weighted by Crippen LogP contribution is 2.30. The van der Waals surface area contributed by atoms with Gasteiger partial charge in [0.2, 0.25) is 12.3 Å². The molecule has 0 fully saturated rings. The van der Waals surface area contributed by atoms with Crippen molar-refractivity contribution >= 4 is 17.5 Å². The molecule has 3 rings (SSSR count). The lowest BCUT2D eigenvalue weighted by Crippen LogP contribution is -2.38. The summed E-state index contributed by atoms with van der Waals surface area (Å²) in [6.45, 7) is -3.15. The molecular weight excluding hydrogens is 498 g/mol. The second kappa shape index (κ2) is 13.2. The molecule has 1 heterocycles. The van der Waals surface area contributed by atoms with Crippen LogP contribution in [0, 0.1) is 0 Å². The Morgan fingerprint density at radius 1 is 1.03 bits per heavy atom. The Kier molecular flexibility index (Phi) is 10.1. The smallest absolute Gasteiger partial charge is 0.387 e. The summed E-state index contributed by atoms with van der Waals surface area (Å²) >= 11 is 5.92. The molecule has 0 aliphatic heterocycles. The van der Waals surface area contributed by atoms with Gasteiger partial charge in [0.25, 0.3) is 0 Å². The van der Waals surface area contributed by atoms with Gasteiger partial charge in [-0.05, 0) is 42.2 Å². The van der Waals surface area contributed by atoms with Gasteiger partial charge in [0, 0.05) is 37.0 Å². The number of carbonyl (C=O) groups excluding carboxylic acids is 1. The van der Waals surface area contributed by atoms with Crippen LogP contribution in [0.25, 0.3) is 0 Å². The molecule has 0 aliphatic carbocycles. The summed E-state index contributed by atoms with van der Waals surface area (Å²) in [6, 6.07) is 15.5. The lowest BCUT2D eigenvalue weighted by atomic mass is 9.95. The van der Waals surface area contributed by atoms with Crippen LogP contribution >= 0.6 is 11.6 Å². The number of likely N-dealkylation sites (N-methyl/N-ethyl adjacent to an activating group) is 1. The Morgan fingerprint density at radius 2 is 1.78 bits per heavy atom. The highest BCUT2D eigenvalue weighted by Gasteiger charge is 2.25. The molecule has 0 unspecified atom stereocenters. The largest absolute Gasteiger partial charge is 0.435 e. The van der Waals surface area contributed by atoms with Crippen LogP contribution in [0.4, 0.5) is 17.6 Å². The first kappa shape index (κ1) is 27.4. The van der Waals surface area contributed by atoms with Gasteiger partial charge in [-0.2, -0.15) is 8.78 Å². The number of nitrogens with zero attached hydrogens (tertiary/aromatic N) is 1. The zero-order valence-corrected chi connectivity index (χ0v) is 20.2. The third kappa shape index (κ3) is 7.93. The van der Waals surface area contributed by atoms with Crippen molar-refractivity contribution in [3.63, 3.8) is 0 Å². The number of ether oxygens (including phenoxy) is 1. The molecule has 1 amide bonds. The lowest BCUT2D eigenvalue weighted by Gasteiger charge is -2.26. The Bertz CT molecular complexity index is 1120. The molecule has 36 heavy (non-hydrogen) atoms. The molecule has 192 valence electrons. The number of amides is 1. The van der Waals surface area contributed by atoms with Crippen LogP contribution in [0.1, 0.15) is 40.9 Å². The maximum atomic E-state index is 13.2. The first-order chi connectivity index (χ1) is 17.3. The summed E-state index contributed by atoms with van der Waals surface area (Å²) in [7, 11) is 1.52. The van der Waals surface area contributed by atoms with Crippen molar-refractivity contribution in [1.82, 2.24) is 15.6 Å². The highest BCUT2D eigenvalue weighted by atomic mass is 35.5. The lowest BCUT2D eigenvalue weighted by molar-refractivity contribution is -0.123. The first-order valence-electron chi connectivity index (χ1n) is 11.3. The van der Waals surface area contributed by atoms with Crippen LogP contribution in [0.2, 0.25) is 5.02 Å². The number of pyridine rings is 1. The second-order valence-corrected chi connectivity index (χ2v) is 8.46. The summed E-state index contributed by atoms with van der Waals surface area (Å²) in [5.41, 5.74) is 1.95. The van der Waals surface area contributed by atoms with Crippen LogP contribution in [-0.2, 0) is 17.6 Å². The van der Waals surface area contributed by atoms with E-state index >= 15 is 0 Å². The summed E-state index contributed by atoms with van der Waals surface area (Å²) in [4.78, 5) is 17.1. The molecular formula is C26H26ClF4N3O2. The number of nitrogens with one attached hydrogen (secondary N) is 2. The van der Waals surface area contributed by atoms with Gasteiger partial charge in [-0.25, -0.2) is 8.78 Å². The Labute approximate surface area is 211 Å². The number of aromatic nitrogens is 1. The van der Waals surface area contributed by atoms with Crippen LogP contribution in [-0.4, -0.2) is 31.0 Å². The third-order valence-electron chi connectivity index (χ3n) is 5.56. The van der Waals surface area contributed by atoms with Crippen LogP contribution in [0.15, 0.2) is 66.9 Å². The molecule has 3 aromatic rings. The zero-order chi connectivity index (χ0) is 26.1. The van der Waals surface area contributed by atoms with E-state index in [4.69, 9.17) is 11.6 Å². The fourth-order valence-electron chi connectivity index (χ4n) is 3.86. The van der Waals surface area contributed by atoms with E-state index in [-0.39, 0.29) is 17.2 Å². The minimum Gasteiger partial charge on any atom is -0.435 e. The maximum absolute atomic E-state index is 13.2. The minimum absolute atomic E-state index is 0.0459. The first-order valence-corrected chi connectivity index (χ1v) is 11.6. The highest BCUT2D eigenvalue weighted by molar-refractivity contribution is 6.30. The summed E-state index contributed by atoms with van der Waals surface area (Å²) < 4.78 is 56.6. The fourth-order valence-corrected chi connectivity index (χ4v) is 3.97. The Hall–Kier alpha value is -3.17. The molecule has 0 aliphatic rings. The maximum Gasteiger partial charge on any atom is 0.387 e. The van der Waals surface area contributed by atoms with Crippen molar-refractivity contribution in [3.8, 4) is 5.75 Å². The van der Waals surface area contributed by atoms with Crippen LogP contribution in [0.3, 0.4) is 0 Å². The zero-order valence-electron chi connectivity index (χ0n) is 19.4. The number of halogens is 5. The normalized spacial score (nSPS) is 13.0. The predicted molar refractivity (Wildman–Crippen MR) is 129 cm³/mol. The summed E-state index contributed by atoms with van der Waals surface area (Å²) in [6.07, 6.45) is -1.08. The third-order valence-corrected chi connectivity index (χ3v) is 5.79. The average molecular weight is 524 g/mol. The summed E-state index contributed by atoms with van der Waals surface area (Å²) in [5, 5.41) is 6.44. The number of aryl methyl sites for hydroxylation is 1. The number of carbonyl (C=O) groups is 1. The van der Waals surface area contributed by atoms with E-state index in [9.17, 15) is 22.4 Å². The molecule has 0 saturated heterocycles. The van der Waals surface area contributed by atoms with Gasteiger partial charge in [0.05, 0.1) is 5.02 Å². The molecule has 10 heteroatoms. The van der Waals surface area contributed by atoms with Crippen molar-refractivity contribution in [2.75, 3.05) is 7.05 Å². The fraction of sp³-hybridized carbons (Fsp3) is 0.308. The second-order valence-electron chi connectivity index (χ2n) is 8.02. The van der Waals surface area contributed by atoms with Crippen molar-refractivity contribution in [2.24, 2.45) is 0 Å². The van der Waals surface area contributed by atoms with E-state index < -0.39 is 31.5 Å². The monoisotopic (exact) mass is 523 g/mol. The molecule has 2 N–H and O–H groups in total. The summed E-state index contributed by atoms with van der Waals surface area (Å²) in [5.74, 6) is -0.598. The molecule has 1 aromatic heterocycles. The van der Waals surface area contributed by atoms with Gasteiger partial charge in [-0.1, -0.05) is 54.1 Å². The molecule has 2 aromatic carbocycles. The number of hydrogen-bond donors (Lipinski definition) is 2. The number of hydrogen-bond acceptors (Lipinski definition) is 4. The van der Waals surface area contributed by atoms with Gasteiger partial charge < -0.3 is 10.1 Å². The quantitative estimate of drug-likeness (QED) is 0.290. The molecule has 0 saturated carbocycles. The van der Waals surface area contributed by atoms with Crippen molar-refractivity contribution in [1.29, 1.82) is 0 Å². The van der Waals surface area contributed by atoms with Gasteiger partial charge >= 0.3 is 6.61 Å². The van der Waals surface area contributed by atoms with E-state index in [2.05, 4.69) is 20.4 Å². The number of rotatable bonds is 12. The van der Waals surface area contributed by atoms with Crippen LogP contribution in [0.5, 0.6) is 5.75 Å². The van der Waals surface area contributed by atoms with Gasteiger partial charge in [0.15, 0.2) is 0 Å². The minimum atomic E-state index is -3.15. The SMILES string of the molecule is CNC(=O)[C@H](N[C@@H](CCc1ccc(Cl)cn1)c1ccc(OC(F)F)c(CC(F)F)c1)c1ccccc1. The molecule has 5 nitrogen and oxygen atoms in total.